The van der Waals surface area contributed by atoms with E-state index in [4.69, 9.17) is 37.9 Å². The zero-order chi connectivity index (χ0) is 24.1. The summed E-state index contributed by atoms with van der Waals surface area (Å²) < 4.78 is 5.63. The van der Waals surface area contributed by atoms with Gasteiger partial charge in [0.1, 0.15) is 17.4 Å². The van der Waals surface area contributed by atoms with Crippen LogP contribution in [-0.4, -0.2) is 53.6 Å². The Balaban J connectivity index is 1.43. The van der Waals surface area contributed by atoms with Crippen molar-refractivity contribution in [3.8, 4) is 5.75 Å². The van der Waals surface area contributed by atoms with Crippen molar-refractivity contribution in [2.45, 2.75) is 26.7 Å². The first-order valence-electron chi connectivity index (χ1n) is 11.4. The molecule has 6 nitrogen and oxygen atoms in total. The lowest BCUT2D eigenvalue weighted by atomic mass is 10.0. The first-order chi connectivity index (χ1) is 16.4. The molecule has 0 unspecified atom stereocenters. The molecule has 1 amide bonds. The Hall–Kier alpha value is -2.83. The summed E-state index contributed by atoms with van der Waals surface area (Å²) in [6, 6.07) is 14.9. The van der Waals surface area contributed by atoms with Gasteiger partial charge >= 0.3 is 0 Å². The van der Waals surface area contributed by atoms with E-state index in [-0.39, 0.29) is 12.5 Å². The smallest absolute Gasteiger partial charge is 0.260 e. The van der Waals surface area contributed by atoms with Crippen LogP contribution in [-0.2, 0) is 17.6 Å². The lowest BCUT2D eigenvalue weighted by Gasteiger charge is -2.36. The van der Waals surface area contributed by atoms with Gasteiger partial charge in [0.2, 0.25) is 0 Å². The molecule has 0 N–H and O–H groups in total. The number of hydrogen-bond donors (Lipinski definition) is 0. The fourth-order valence-electron chi connectivity index (χ4n) is 4.11. The monoisotopic (exact) mass is 498 g/mol. The molecule has 4 rings (SSSR count). The molecular weight excluding hydrogens is 471 g/mol. The van der Waals surface area contributed by atoms with E-state index in [1.807, 2.05) is 36.1 Å². The highest BCUT2D eigenvalue weighted by atomic mass is 35.5. The lowest BCUT2D eigenvalue weighted by molar-refractivity contribution is -0.133. The minimum absolute atomic E-state index is 0.00997. The van der Waals surface area contributed by atoms with Gasteiger partial charge in [-0.3, -0.25) is 4.79 Å². The second-order valence-corrected chi connectivity index (χ2v) is 9.16. The maximum absolute atomic E-state index is 12.7. The summed E-state index contributed by atoms with van der Waals surface area (Å²) >= 11 is 12.0. The number of carbonyl (C=O) groups is 1. The Kier molecular flexibility index (Phi) is 7.91. The second-order valence-electron chi connectivity index (χ2n) is 8.29. The summed E-state index contributed by atoms with van der Waals surface area (Å²) in [5, 5.41) is 1.36. The number of ether oxygens (including phenoxy) is 1. The third kappa shape index (κ3) is 5.99. The molecular formula is C26H28Cl2N4O2. The largest absolute Gasteiger partial charge is 0.484 e. The average molecular weight is 499 g/mol. The zero-order valence-electron chi connectivity index (χ0n) is 19.4. The molecule has 2 heterocycles. The fourth-order valence-corrected chi connectivity index (χ4v) is 4.37. The number of benzene rings is 2. The molecule has 0 bridgehead atoms. The molecule has 0 atom stereocenters. The lowest BCUT2D eigenvalue weighted by Crippen LogP contribution is -2.50. The molecule has 1 fully saturated rings. The summed E-state index contributed by atoms with van der Waals surface area (Å²) in [4.78, 5) is 26.3. The summed E-state index contributed by atoms with van der Waals surface area (Å²) in [5.41, 5.74) is 3.37. The minimum atomic E-state index is -0.0240. The first kappa shape index (κ1) is 24.3. The number of carbonyl (C=O) groups excluding carboxylic acids is 1. The van der Waals surface area contributed by atoms with Crippen molar-refractivity contribution >= 4 is 34.9 Å². The van der Waals surface area contributed by atoms with Crippen molar-refractivity contribution in [2.24, 2.45) is 0 Å². The van der Waals surface area contributed by atoms with Gasteiger partial charge in [0, 0.05) is 53.9 Å². The molecule has 0 saturated carbocycles. The van der Waals surface area contributed by atoms with Crippen LogP contribution < -0.4 is 9.64 Å². The van der Waals surface area contributed by atoms with Gasteiger partial charge in [0.15, 0.2) is 6.61 Å². The third-order valence-electron chi connectivity index (χ3n) is 5.92. The molecule has 1 aliphatic rings. The van der Waals surface area contributed by atoms with Crippen LogP contribution in [0.4, 0.5) is 5.82 Å². The van der Waals surface area contributed by atoms with Crippen LogP contribution >= 0.6 is 23.2 Å². The van der Waals surface area contributed by atoms with Crippen LogP contribution in [0.15, 0.2) is 48.5 Å². The van der Waals surface area contributed by atoms with Crippen molar-refractivity contribution < 1.29 is 9.53 Å². The quantitative estimate of drug-likeness (QED) is 0.460. The van der Waals surface area contributed by atoms with Gasteiger partial charge in [-0.05, 0) is 55.3 Å². The third-order valence-corrected chi connectivity index (χ3v) is 6.42. The Morgan fingerprint density at radius 3 is 2.18 bits per heavy atom. The van der Waals surface area contributed by atoms with E-state index in [1.165, 1.54) is 5.56 Å². The maximum Gasteiger partial charge on any atom is 0.260 e. The Bertz CT molecular complexity index is 1130. The van der Waals surface area contributed by atoms with E-state index in [1.54, 1.807) is 24.3 Å². The van der Waals surface area contributed by atoms with Gasteiger partial charge in [-0.2, -0.15) is 0 Å². The van der Waals surface area contributed by atoms with Crippen LogP contribution in [0, 0.1) is 6.92 Å². The highest BCUT2D eigenvalue weighted by molar-refractivity contribution is 6.30. The molecule has 8 heteroatoms. The number of aryl methyl sites for hydroxylation is 2. The molecule has 0 spiro atoms. The molecule has 0 aliphatic carbocycles. The standard InChI is InChI=1S/C26H28Cl2N4O2/c1-3-24-23(16-19-4-6-20(27)7-5-19)26(30-18(2)29-24)32-14-12-31(13-15-32)25(33)17-34-22-10-8-21(28)9-11-22/h4-11H,3,12-17H2,1-2H3. The number of piperazine rings is 1. The van der Waals surface area contributed by atoms with Crippen LogP contribution in [0.1, 0.15) is 29.6 Å². The van der Waals surface area contributed by atoms with E-state index in [0.717, 1.165) is 40.8 Å². The van der Waals surface area contributed by atoms with Gasteiger partial charge in [-0.25, -0.2) is 9.97 Å². The van der Waals surface area contributed by atoms with E-state index >= 15 is 0 Å². The SMILES string of the molecule is CCc1nc(C)nc(N2CCN(C(=O)COc3ccc(Cl)cc3)CC2)c1Cc1ccc(Cl)cc1. The van der Waals surface area contributed by atoms with Crippen LogP contribution in [0.3, 0.4) is 0 Å². The van der Waals surface area contributed by atoms with Crippen LogP contribution in [0.2, 0.25) is 10.0 Å². The zero-order valence-corrected chi connectivity index (χ0v) is 20.9. The number of anilines is 1. The number of aromatic nitrogens is 2. The normalized spacial score (nSPS) is 13.8. The summed E-state index contributed by atoms with van der Waals surface area (Å²) in [5.74, 6) is 2.33. The average Bonchev–Trinajstić information content (AvgIpc) is 2.85. The van der Waals surface area contributed by atoms with Crippen molar-refractivity contribution in [3.05, 3.63) is 81.2 Å². The summed E-state index contributed by atoms with van der Waals surface area (Å²) in [6.07, 6.45) is 1.57. The summed E-state index contributed by atoms with van der Waals surface area (Å²) in [7, 11) is 0. The number of rotatable bonds is 7. The van der Waals surface area contributed by atoms with Gasteiger partial charge in [-0.15, -0.1) is 0 Å². The van der Waals surface area contributed by atoms with Gasteiger partial charge in [-0.1, -0.05) is 42.3 Å². The minimum Gasteiger partial charge on any atom is -0.484 e. The van der Waals surface area contributed by atoms with Crippen LogP contribution in [0.5, 0.6) is 5.75 Å². The molecule has 2 aromatic carbocycles. The second kappa shape index (κ2) is 11.1. The molecule has 178 valence electrons. The fraction of sp³-hybridized carbons (Fsp3) is 0.346. The number of hydrogen-bond acceptors (Lipinski definition) is 5. The highest BCUT2D eigenvalue weighted by Gasteiger charge is 2.25. The Morgan fingerprint density at radius 2 is 1.56 bits per heavy atom. The van der Waals surface area contributed by atoms with E-state index in [9.17, 15) is 4.79 Å². The topological polar surface area (TPSA) is 58.6 Å². The van der Waals surface area contributed by atoms with Gasteiger partial charge in [0.05, 0.1) is 0 Å². The maximum atomic E-state index is 12.7. The van der Waals surface area contributed by atoms with Gasteiger partial charge < -0.3 is 14.5 Å². The van der Waals surface area contributed by atoms with Crippen molar-refractivity contribution in [3.63, 3.8) is 0 Å². The molecule has 1 saturated heterocycles. The number of nitrogens with zero attached hydrogens (tertiary/aromatic N) is 4. The van der Waals surface area contributed by atoms with E-state index in [0.29, 0.717) is 37.0 Å². The number of halogens is 2. The van der Waals surface area contributed by atoms with Gasteiger partial charge in [0.25, 0.3) is 5.91 Å². The van der Waals surface area contributed by atoms with Crippen molar-refractivity contribution in [1.82, 2.24) is 14.9 Å². The molecule has 1 aliphatic heterocycles. The van der Waals surface area contributed by atoms with Crippen molar-refractivity contribution in [1.29, 1.82) is 0 Å². The summed E-state index contributed by atoms with van der Waals surface area (Å²) in [6.45, 7) is 6.72. The Labute approximate surface area is 210 Å². The van der Waals surface area contributed by atoms with E-state index in [2.05, 4.69) is 11.8 Å². The molecule has 3 aromatic rings. The number of amides is 1. The predicted molar refractivity (Wildman–Crippen MR) is 136 cm³/mol. The molecule has 0 radical (unpaired) electrons. The predicted octanol–water partition coefficient (Wildman–Crippen LogP) is 4.97. The van der Waals surface area contributed by atoms with E-state index < -0.39 is 0 Å². The van der Waals surface area contributed by atoms with Crippen molar-refractivity contribution in [2.75, 3.05) is 37.7 Å². The Morgan fingerprint density at radius 1 is 0.941 bits per heavy atom. The van der Waals surface area contributed by atoms with Crippen LogP contribution in [0.25, 0.3) is 0 Å². The highest BCUT2D eigenvalue weighted by Crippen LogP contribution is 2.26. The molecule has 1 aromatic heterocycles. The first-order valence-corrected chi connectivity index (χ1v) is 12.2. The molecule has 34 heavy (non-hydrogen) atoms.